The first-order valence-electron chi connectivity index (χ1n) is 29.9. The van der Waals surface area contributed by atoms with Gasteiger partial charge in [0.25, 0.3) is 0 Å². The Bertz CT molecular complexity index is 2740. The number of hydrogen-bond donors (Lipinski definition) is 1. The first kappa shape index (κ1) is 49.6. The Morgan fingerprint density at radius 3 is 1.21 bits per heavy atom. The Balaban J connectivity index is 1.18. The molecule has 8 rings (SSSR count). The van der Waals surface area contributed by atoms with Crippen molar-refractivity contribution in [3.63, 3.8) is 0 Å². The van der Waals surface area contributed by atoms with Gasteiger partial charge in [-0.15, -0.1) is 0 Å². The standard InChI is InChI=1S/C64H76O13/c1-67-56(65)38-24-4-2-3-5-25-39-70-64-62(61(74-45-53-36-22-11-23-37-53)59(72-43-51-32-18-9-19-33-51)55(76-64)47-69-41-49-28-14-7-15-29-49)77-63-57(66)60(73-44-52-34-20-10-21-35-52)58(71-42-50-30-16-8-17-31-50)54(75-63)46-68-40-48-26-12-6-13-27-48/h6-23,26-37,54-55,57-64,66H,2-5,24-25,38-47H2,1H3/t54-,55-,57+,58-,59-,60-,61+,62+,63?,64?/m1/s1/i40D,41D,42D,43D,44D,45D/t40?,41?,42?,43?,44?,45?,54-,55-,57+,58-,59-,60-,61+,62+,63?,64?. The number of ether oxygens (including phenoxy) is 11. The van der Waals surface area contributed by atoms with Crippen molar-refractivity contribution in [2.24, 2.45) is 0 Å². The second kappa shape index (κ2) is 32.3. The van der Waals surface area contributed by atoms with Crippen LogP contribution in [-0.2, 0) is 96.4 Å². The van der Waals surface area contributed by atoms with E-state index in [4.69, 9.17) is 54.8 Å². The van der Waals surface area contributed by atoms with E-state index in [0.717, 1.165) is 25.7 Å². The minimum absolute atomic E-state index is 0.135. The Kier molecular flexibility index (Phi) is 20.8. The number of esters is 1. The van der Waals surface area contributed by atoms with Crippen molar-refractivity contribution >= 4 is 5.97 Å². The van der Waals surface area contributed by atoms with Crippen LogP contribution < -0.4 is 0 Å². The molecule has 2 aliphatic rings. The predicted octanol–water partition coefficient (Wildman–Crippen LogP) is 10.9. The first-order valence-corrected chi connectivity index (χ1v) is 26.5. The maximum Gasteiger partial charge on any atom is 0.305 e. The summed E-state index contributed by atoms with van der Waals surface area (Å²) >= 11 is 0. The van der Waals surface area contributed by atoms with Crippen molar-refractivity contribution in [1.82, 2.24) is 0 Å². The van der Waals surface area contributed by atoms with Crippen LogP contribution in [0.5, 0.6) is 0 Å². The Labute approximate surface area is 463 Å². The van der Waals surface area contributed by atoms with Gasteiger partial charge >= 0.3 is 5.97 Å². The van der Waals surface area contributed by atoms with Crippen LogP contribution in [0.25, 0.3) is 0 Å². The van der Waals surface area contributed by atoms with E-state index in [1.54, 1.807) is 152 Å². The Morgan fingerprint density at radius 2 is 0.779 bits per heavy atom. The lowest BCUT2D eigenvalue weighted by atomic mass is 9.96. The second-order valence-corrected chi connectivity index (χ2v) is 18.7. The number of carbonyl (C=O) groups excluding carboxylic acids is 1. The third-order valence-corrected chi connectivity index (χ3v) is 13.0. The minimum atomic E-state index is -1.79. The van der Waals surface area contributed by atoms with Gasteiger partial charge < -0.3 is 57.2 Å². The number of carbonyl (C=O) groups is 1. The summed E-state index contributed by atoms with van der Waals surface area (Å²) in [5, 5.41) is 12.9. The van der Waals surface area contributed by atoms with Crippen LogP contribution >= 0.6 is 0 Å². The van der Waals surface area contributed by atoms with Crippen molar-refractivity contribution in [3.05, 3.63) is 215 Å². The molecular formula is C64H76O13. The van der Waals surface area contributed by atoms with Gasteiger partial charge in [-0.25, -0.2) is 0 Å². The molecule has 16 atom stereocenters. The van der Waals surface area contributed by atoms with Gasteiger partial charge in [0, 0.05) is 13.0 Å². The topological polar surface area (TPSA) is 139 Å². The quantitative estimate of drug-likeness (QED) is 0.0317. The highest BCUT2D eigenvalue weighted by molar-refractivity contribution is 5.68. The summed E-state index contributed by atoms with van der Waals surface area (Å²) < 4.78 is 127. The molecule has 0 saturated carbocycles. The smallest absolute Gasteiger partial charge is 0.305 e. The highest BCUT2D eigenvalue weighted by Crippen LogP contribution is 2.36. The zero-order valence-corrected chi connectivity index (χ0v) is 43.5. The molecule has 2 saturated heterocycles. The van der Waals surface area contributed by atoms with Crippen molar-refractivity contribution in [3.8, 4) is 0 Å². The molecule has 0 spiro atoms. The lowest BCUT2D eigenvalue weighted by molar-refractivity contribution is -0.379. The van der Waals surface area contributed by atoms with Crippen molar-refractivity contribution in [2.45, 2.75) is 146 Å². The summed E-state index contributed by atoms with van der Waals surface area (Å²) in [5.41, 5.74) is 3.05. The molecule has 8 unspecified atom stereocenters. The van der Waals surface area contributed by atoms with Crippen molar-refractivity contribution in [2.75, 3.05) is 26.9 Å². The van der Waals surface area contributed by atoms with E-state index in [1.807, 2.05) is 30.3 Å². The molecule has 0 amide bonds. The molecule has 1 N–H and O–H groups in total. The third kappa shape index (κ3) is 18.8. The molecule has 2 aliphatic heterocycles. The van der Waals surface area contributed by atoms with Gasteiger partial charge in [0.2, 0.25) is 0 Å². The molecule has 2 heterocycles. The predicted molar refractivity (Wildman–Crippen MR) is 291 cm³/mol. The molecule has 13 heteroatoms. The third-order valence-electron chi connectivity index (χ3n) is 13.0. The zero-order valence-electron chi connectivity index (χ0n) is 49.5. The van der Waals surface area contributed by atoms with E-state index in [2.05, 4.69) is 0 Å². The molecule has 0 radical (unpaired) electrons. The molecule has 6 aromatic carbocycles. The fourth-order valence-electron chi connectivity index (χ4n) is 8.90. The molecule has 13 nitrogen and oxygen atoms in total. The highest BCUT2D eigenvalue weighted by atomic mass is 16.8. The number of aliphatic hydroxyl groups is 1. The van der Waals surface area contributed by atoms with Crippen LogP contribution in [0.15, 0.2) is 182 Å². The largest absolute Gasteiger partial charge is 0.469 e. The molecule has 0 aliphatic carbocycles. The van der Waals surface area contributed by atoms with Gasteiger partial charge in [-0.05, 0) is 46.2 Å². The van der Waals surface area contributed by atoms with Crippen LogP contribution in [0.2, 0.25) is 0 Å². The molecular weight excluding hydrogens is 977 g/mol. The zero-order chi connectivity index (χ0) is 58.3. The lowest BCUT2D eigenvalue weighted by Gasteiger charge is -2.49. The second-order valence-electron chi connectivity index (χ2n) is 18.7. The number of rotatable bonds is 32. The summed E-state index contributed by atoms with van der Waals surface area (Å²) in [4.78, 5) is 11.7. The van der Waals surface area contributed by atoms with E-state index in [0.29, 0.717) is 52.6 Å². The van der Waals surface area contributed by atoms with E-state index in [-0.39, 0.29) is 25.8 Å². The number of aliphatic hydroxyl groups excluding tert-OH is 1. The average Bonchev–Trinajstić information content (AvgIpc) is 3.72. The van der Waals surface area contributed by atoms with E-state index in [1.165, 1.54) is 7.11 Å². The monoisotopic (exact) mass is 1060 g/mol. The van der Waals surface area contributed by atoms with Gasteiger partial charge in [0.1, 0.15) is 48.8 Å². The molecule has 2 fully saturated rings. The molecule has 410 valence electrons. The fourth-order valence-corrected chi connectivity index (χ4v) is 8.90. The highest BCUT2D eigenvalue weighted by Gasteiger charge is 2.54. The minimum Gasteiger partial charge on any atom is -0.469 e. The van der Waals surface area contributed by atoms with E-state index < -0.39 is 101 Å². The van der Waals surface area contributed by atoms with Crippen molar-refractivity contribution in [1.29, 1.82) is 0 Å². The number of unbranched alkanes of at least 4 members (excludes halogenated alkanes) is 5. The van der Waals surface area contributed by atoms with Gasteiger partial charge in [-0.2, -0.15) is 0 Å². The van der Waals surface area contributed by atoms with Crippen molar-refractivity contribution < 1.29 is 70.2 Å². The average molecular weight is 1060 g/mol. The SMILES string of the molecule is [2H]C(OC[C@H]1OC(O[C@@H]2C(OCCCCCCCCC(=O)OC)O[C@H](COC([2H])c3ccccc3)[C@@H](OC([2H])c3ccccc3)[C@@H]2OC([2H])c2ccccc2)[C@@H](O)[C@@H](OC([2H])c2ccccc2)[C@@H]1OC([2H])c1ccccc1)c1ccccc1. The lowest BCUT2D eigenvalue weighted by Crippen LogP contribution is -2.66. The van der Waals surface area contributed by atoms with Crippen LogP contribution in [0.1, 0.15) is 86.6 Å². The summed E-state index contributed by atoms with van der Waals surface area (Å²) in [7, 11) is 1.38. The maximum atomic E-state index is 12.9. The molecule has 77 heavy (non-hydrogen) atoms. The fraction of sp³-hybridized carbons (Fsp3) is 0.422. The van der Waals surface area contributed by atoms with E-state index in [9.17, 15) is 15.4 Å². The van der Waals surface area contributed by atoms with Crippen LogP contribution in [0.3, 0.4) is 0 Å². The summed E-state index contributed by atoms with van der Waals surface area (Å²) in [6, 6.07) is 53.2. The van der Waals surface area contributed by atoms with Gasteiger partial charge in [0.05, 0.1) is 68.0 Å². The Morgan fingerprint density at radius 1 is 0.429 bits per heavy atom. The van der Waals surface area contributed by atoms with Gasteiger partial charge in [-0.1, -0.05) is 208 Å². The summed E-state index contributed by atoms with van der Waals surface area (Å²) in [6.45, 7) is -8.34. The number of benzene rings is 6. The summed E-state index contributed by atoms with van der Waals surface area (Å²) in [5.74, 6) is -0.244. The first-order chi connectivity index (χ1) is 40.5. The molecule has 6 aromatic rings. The molecule has 0 aromatic heterocycles. The normalized spacial score (nSPS) is 26.9. The summed E-state index contributed by atoms with van der Waals surface area (Å²) in [6.07, 6.45) is -9.20. The number of methoxy groups -OCH3 is 1. The van der Waals surface area contributed by atoms with E-state index >= 15 is 0 Å². The molecule has 0 bridgehead atoms. The van der Waals surface area contributed by atoms with Crippen LogP contribution in [0, 0.1) is 0 Å². The van der Waals surface area contributed by atoms with Gasteiger partial charge in [0.15, 0.2) is 12.6 Å². The number of hydrogen-bond acceptors (Lipinski definition) is 13. The van der Waals surface area contributed by atoms with Crippen LogP contribution in [0.4, 0.5) is 0 Å². The van der Waals surface area contributed by atoms with Crippen LogP contribution in [-0.4, -0.2) is 99.4 Å². The van der Waals surface area contributed by atoms with Gasteiger partial charge in [-0.3, -0.25) is 4.79 Å². The maximum absolute atomic E-state index is 12.9. The Hall–Kier alpha value is -5.65.